The molecule has 0 saturated carbocycles. The van der Waals surface area contributed by atoms with E-state index in [2.05, 4.69) is 74.2 Å². The van der Waals surface area contributed by atoms with Crippen LogP contribution in [0.5, 0.6) is 5.75 Å². The van der Waals surface area contributed by atoms with Crippen molar-refractivity contribution in [3.63, 3.8) is 0 Å². The monoisotopic (exact) mass is 420 g/mol. The Hall–Kier alpha value is -1.96. The zero-order valence-electron chi connectivity index (χ0n) is 18.4. The van der Waals surface area contributed by atoms with Gasteiger partial charge in [0.15, 0.2) is 0 Å². The van der Waals surface area contributed by atoms with Gasteiger partial charge in [-0.2, -0.15) is 5.26 Å². The van der Waals surface area contributed by atoms with Crippen LogP contribution < -0.4 is 4.74 Å². The average molecular weight is 421 g/mol. The number of rotatable bonds is 4. The number of hydrogen-bond acceptors (Lipinski definition) is 4. The maximum Gasteiger partial charge on any atom is 0.123 e. The number of nitriles is 1. The Morgan fingerprint density at radius 3 is 2.40 bits per heavy atom. The Bertz CT molecular complexity index is 916. The second-order valence-corrected chi connectivity index (χ2v) is 10.6. The van der Waals surface area contributed by atoms with Crippen LogP contribution in [0.15, 0.2) is 42.5 Å². The number of piperidine rings is 1. The van der Waals surface area contributed by atoms with Crippen LogP contribution in [0.1, 0.15) is 51.2 Å². The van der Waals surface area contributed by atoms with E-state index in [1.807, 2.05) is 0 Å². The molecule has 2 aromatic rings. The van der Waals surface area contributed by atoms with Crippen LogP contribution in [0.2, 0.25) is 0 Å². The van der Waals surface area contributed by atoms with E-state index in [1.165, 1.54) is 22.3 Å². The minimum atomic E-state index is 0.0268. The lowest BCUT2D eigenvalue weighted by atomic mass is 9.81. The fraction of sp³-hybridized carbons (Fsp3) is 0.500. The Kier molecular flexibility index (Phi) is 6.14. The number of likely N-dealkylation sites (tertiary alicyclic amines) is 1. The molecule has 0 atom stereocenters. The average Bonchev–Trinajstić information content (AvgIpc) is 2.74. The van der Waals surface area contributed by atoms with Crippen molar-refractivity contribution < 1.29 is 4.74 Å². The van der Waals surface area contributed by atoms with Gasteiger partial charge in [0.1, 0.15) is 11.4 Å². The van der Waals surface area contributed by atoms with Crippen molar-refractivity contribution in [3.8, 4) is 22.9 Å². The quantitative estimate of drug-likeness (QED) is 0.563. The molecule has 1 spiro atoms. The Balaban J connectivity index is 1.43. The summed E-state index contributed by atoms with van der Waals surface area (Å²) in [6.45, 7) is 9.16. The van der Waals surface area contributed by atoms with E-state index < -0.39 is 0 Å². The summed E-state index contributed by atoms with van der Waals surface area (Å²) in [4.78, 5) is 2.59. The molecule has 158 valence electrons. The lowest BCUT2D eigenvalue weighted by Gasteiger charge is -2.48. The molecule has 1 saturated heterocycles. The van der Waals surface area contributed by atoms with E-state index in [9.17, 15) is 0 Å². The first kappa shape index (κ1) is 21.3. The number of aryl methyl sites for hydroxylation is 1. The van der Waals surface area contributed by atoms with E-state index in [4.69, 9.17) is 10.00 Å². The molecule has 2 aliphatic heterocycles. The molecule has 0 radical (unpaired) electrons. The minimum absolute atomic E-state index is 0.0268. The second kappa shape index (κ2) is 8.65. The van der Waals surface area contributed by atoms with Crippen molar-refractivity contribution in [2.75, 3.05) is 18.8 Å². The highest BCUT2D eigenvalue weighted by Gasteiger charge is 2.41. The van der Waals surface area contributed by atoms with Gasteiger partial charge >= 0.3 is 0 Å². The Labute approximate surface area is 185 Å². The number of hydrogen-bond donors (Lipinski definition) is 0. The standard InChI is InChI=1S/C26H32N2OS/c1-25(2,3)28-15-12-26(13-16-28)11-10-23-18-22(8-9-24(23)29-26)21-6-4-20(5-7-21)19-30-17-14-27/h4-9,18H,10-13,15-17,19H2,1-3H3. The van der Waals surface area contributed by atoms with Gasteiger partial charge in [0.05, 0.1) is 11.8 Å². The molecule has 0 aliphatic carbocycles. The van der Waals surface area contributed by atoms with Gasteiger partial charge in [0.2, 0.25) is 0 Å². The van der Waals surface area contributed by atoms with Gasteiger partial charge < -0.3 is 4.74 Å². The normalized spacial score (nSPS) is 18.5. The Morgan fingerprint density at radius 2 is 1.73 bits per heavy atom. The van der Waals surface area contributed by atoms with Gasteiger partial charge in [-0.05, 0) is 80.8 Å². The second-order valence-electron chi connectivity index (χ2n) is 9.61. The lowest BCUT2D eigenvalue weighted by Crippen LogP contribution is -2.54. The first-order valence-corrected chi connectivity index (χ1v) is 12.2. The molecular weight excluding hydrogens is 388 g/mol. The van der Waals surface area contributed by atoms with Crippen LogP contribution in [0.4, 0.5) is 0 Å². The van der Waals surface area contributed by atoms with Gasteiger partial charge in [-0.15, -0.1) is 11.8 Å². The van der Waals surface area contributed by atoms with Gasteiger partial charge in [0.25, 0.3) is 0 Å². The first-order valence-electron chi connectivity index (χ1n) is 11.0. The Morgan fingerprint density at radius 1 is 1.03 bits per heavy atom. The molecule has 0 unspecified atom stereocenters. The molecule has 0 bridgehead atoms. The summed E-state index contributed by atoms with van der Waals surface area (Å²) in [5.74, 6) is 2.52. The molecular formula is C26H32N2OS. The molecule has 0 amide bonds. The number of ether oxygens (including phenoxy) is 1. The van der Waals surface area contributed by atoms with Crippen molar-refractivity contribution in [2.24, 2.45) is 0 Å². The van der Waals surface area contributed by atoms with E-state index in [0.717, 1.165) is 50.3 Å². The molecule has 1 fully saturated rings. The van der Waals surface area contributed by atoms with Gasteiger partial charge in [-0.3, -0.25) is 4.90 Å². The summed E-state index contributed by atoms with van der Waals surface area (Å²) in [6, 6.07) is 17.6. The molecule has 2 heterocycles. The summed E-state index contributed by atoms with van der Waals surface area (Å²) in [5.41, 5.74) is 5.37. The molecule has 2 aliphatic rings. The van der Waals surface area contributed by atoms with Crippen LogP contribution in [0.3, 0.4) is 0 Å². The third-order valence-electron chi connectivity index (χ3n) is 6.58. The van der Waals surface area contributed by atoms with Crippen LogP contribution in [0, 0.1) is 11.3 Å². The molecule has 4 rings (SSSR count). The SMILES string of the molecule is CC(C)(C)N1CCC2(CCc3cc(-c4ccc(CSCC#N)cc4)ccc3O2)CC1. The summed E-state index contributed by atoms with van der Waals surface area (Å²) in [6.07, 6.45) is 4.46. The topological polar surface area (TPSA) is 36.3 Å². The van der Waals surface area contributed by atoms with Gasteiger partial charge in [0, 0.05) is 24.4 Å². The third kappa shape index (κ3) is 4.68. The number of benzene rings is 2. The van der Waals surface area contributed by atoms with E-state index in [0.29, 0.717) is 5.75 Å². The predicted molar refractivity (Wildman–Crippen MR) is 126 cm³/mol. The molecule has 2 aromatic carbocycles. The van der Waals surface area contributed by atoms with Crippen LogP contribution in [-0.2, 0) is 12.2 Å². The molecule has 30 heavy (non-hydrogen) atoms. The number of fused-ring (bicyclic) bond motifs is 1. The van der Waals surface area contributed by atoms with Crippen LogP contribution in [0.25, 0.3) is 11.1 Å². The molecule has 3 nitrogen and oxygen atoms in total. The van der Waals surface area contributed by atoms with Crippen LogP contribution >= 0.6 is 11.8 Å². The van der Waals surface area contributed by atoms with Crippen molar-refractivity contribution >= 4 is 11.8 Å². The van der Waals surface area contributed by atoms with Crippen molar-refractivity contribution in [2.45, 2.75) is 63.3 Å². The number of thioether (sulfide) groups is 1. The lowest BCUT2D eigenvalue weighted by molar-refractivity contribution is -0.0355. The predicted octanol–water partition coefficient (Wildman–Crippen LogP) is 6.07. The van der Waals surface area contributed by atoms with E-state index in [-0.39, 0.29) is 11.1 Å². The summed E-state index contributed by atoms with van der Waals surface area (Å²) >= 11 is 1.66. The minimum Gasteiger partial charge on any atom is -0.487 e. The summed E-state index contributed by atoms with van der Waals surface area (Å²) in [7, 11) is 0. The van der Waals surface area contributed by atoms with Gasteiger partial charge in [-0.1, -0.05) is 30.3 Å². The molecule has 4 heteroatoms. The highest BCUT2D eigenvalue weighted by molar-refractivity contribution is 7.98. The first-order chi connectivity index (χ1) is 14.4. The van der Waals surface area contributed by atoms with Gasteiger partial charge in [-0.25, -0.2) is 0 Å². The fourth-order valence-electron chi connectivity index (χ4n) is 4.65. The van der Waals surface area contributed by atoms with Crippen molar-refractivity contribution in [1.29, 1.82) is 5.26 Å². The van der Waals surface area contributed by atoms with E-state index >= 15 is 0 Å². The summed E-state index contributed by atoms with van der Waals surface area (Å²) < 4.78 is 6.63. The highest BCUT2D eigenvalue weighted by Crippen LogP contribution is 2.41. The van der Waals surface area contributed by atoms with Crippen LogP contribution in [-0.4, -0.2) is 34.9 Å². The smallest absolute Gasteiger partial charge is 0.123 e. The summed E-state index contributed by atoms with van der Waals surface area (Å²) in [5, 5.41) is 8.68. The molecule has 0 aromatic heterocycles. The maximum absolute atomic E-state index is 8.68. The maximum atomic E-state index is 8.68. The van der Waals surface area contributed by atoms with Crippen molar-refractivity contribution in [1.82, 2.24) is 4.90 Å². The zero-order chi connectivity index (χ0) is 21.2. The highest BCUT2D eigenvalue weighted by atomic mass is 32.2. The third-order valence-corrected chi connectivity index (χ3v) is 7.45. The number of nitrogens with zero attached hydrogens (tertiary/aromatic N) is 2. The van der Waals surface area contributed by atoms with Crippen molar-refractivity contribution in [3.05, 3.63) is 53.6 Å². The molecule has 0 N–H and O–H groups in total. The zero-order valence-corrected chi connectivity index (χ0v) is 19.2. The fourth-order valence-corrected chi connectivity index (χ4v) is 5.27. The largest absolute Gasteiger partial charge is 0.487 e. The van der Waals surface area contributed by atoms with E-state index in [1.54, 1.807) is 11.8 Å².